The Bertz CT molecular complexity index is 899. The van der Waals surface area contributed by atoms with Gasteiger partial charge in [0.15, 0.2) is 5.76 Å². The molecule has 1 aliphatic carbocycles. The first-order valence-corrected chi connectivity index (χ1v) is 9.39. The molecule has 0 radical (unpaired) electrons. The highest BCUT2D eigenvalue weighted by molar-refractivity contribution is 5.94. The number of benzene rings is 1. The third-order valence-corrected chi connectivity index (χ3v) is 4.78. The largest absolute Gasteiger partial charge is 0.467 e. The van der Waals surface area contributed by atoms with Crippen molar-refractivity contribution in [3.63, 3.8) is 0 Å². The van der Waals surface area contributed by atoms with Gasteiger partial charge in [0.25, 0.3) is 5.91 Å². The Labute approximate surface area is 163 Å². The van der Waals surface area contributed by atoms with Crippen molar-refractivity contribution in [2.75, 3.05) is 6.54 Å². The lowest BCUT2D eigenvalue weighted by Crippen LogP contribution is -2.43. The molecule has 0 unspecified atom stereocenters. The summed E-state index contributed by atoms with van der Waals surface area (Å²) in [6, 6.07) is 16.9. The van der Waals surface area contributed by atoms with E-state index in [0.29, 0.717) is 18.8 Å². The molecule has 1 aromatic carbocycles. The predicted octanol–water partition coefficient (Wildman–Crippen LogP) is 3.71. The van der Waals surface area contributed by atoms with Gasteiger partial charge in [0, 0.05) is 12.6 Å². The van der Waals surface area contributed by atoms with E-state index in [1.54, 1.807) is 34.3 Å². The van der Waals surface area contributed by atoms with Crippen molar-refractivity contribution in [2.24, 2.45) is 0 Å². The molecule has 6 heteroatoms. The molecule has 0 N–H and O–H groups in total. The SMILES string of the molecule is O=C(CN(C(=O)c1ccco1)C1CC1)N(Cc1ccccc1)Cc1ccco1. The molecule has 2 aromatic heterocycles. The molecule has 6 nitrogen and oxygen atoms in total. The van der Waals surface area contributed by atoms with Crippen LogP contribution in [0.2, 0.25) is 0 Å². The minimum Gasteiger partial charge on any atom is -0.467 e. The zero-order chi connectivity index (χ0) is 19.3. The van der Waals surface area contributed by atoms with Gasteiger partial charge in [-0.1, -0.05) is 30.3 Å². The molecule has 1 aliphatic rings. The maximum Gasteiger partial charge on any atom is 0.290 e. The molecule has 4 rings (SSSR count). The van der Waals surface area contributed by atoms with Crippen molar-refractivity contribution in [1.29, 1.82) is 0 Å². The molecule has 0 saturated heterocycles. The van der Waals surface area contributed by atoms with Gasteiger partial charge in [0.2, 0.25) is 5.91 Å². The van der Waals surface area contributed by atoms with Gasteiger partial charge in [-0.3, -0.25) is 9.59 Å². The molecular weight excluding hydrogens is 356 g/mol. The Morgan fingerprint density at radius 3 is 2.29 bits per heavy atom. The van der Waals surface area contributed by atoms with E-state index in [1.807, 2.05) is 36.4 Å². The normalized spacial score (nSPS) is 13.3. The van der Waals surface area contributed by atoms with E-state index in [0.717, 1.165) is 18.4 Å². The summed E-state index contributed by atoms with van der Waals surface area (Å²) >= 11 is 0. The maximum absolute atomic E-state index is 13.2. The van der Waals surface area contributed by atoms with Crippen LogP contribution in [0.25, 0.3) is 0 Å². The molecule has 2 amide bonds. The van der Waals surface area contributed by atoms with E-state index in [9.17, 15) is 9.59 Å². The number of nitrogens with zero attached hydrogens (tertiary/aromatic N) is 2. The van der Waals surface area contributed by atoms with Crippen LogP contribution in [0.5, 0.6) is 0 Å². The molecule has 28 heavy (non-hydrogen) atoms. The summed E-state index contributed by atoms with van der Waals surface area (Å²) in [5.74, 6) is 0.616. The standard InChI is InChI=1S/C22H22N2O4/c25-21(16-24(18-10-11-18)22(26)20-9-5-13-28-20)23(15-19-8-4-12-27-19)14-17-6-2-1-3-7-17/h1-9,12-13,18H,10-11,14-16H2. The highest BCUT2D eigenvalue weighted by Crippen LogP contribution is 2.28. The molecule has 0 atom stereocenters. The van der Waals surface area contributed by atoms with Gasteiger partial charge in [0.1, 0.15) is 12.3 Å². The molecule has 0 aliphatic heterocycles. The zero-order valence-corrected chi connectivity index (χ0v) is 15.5. The fraction of sp³-hybridized carbons (Fsp3) is 0.273. The van der Waals surface area contributed by atoms with Crippen LogP contribution in [0.1, 0.15) is 34.7 Å². The second-order valence-electron chi connectivity index (χ2n) is 6.96. The molecule has 144 valence electrons. The number of hydrogen-bond acceptors (Lipinski definition) is 4. The lowest BCUT2D eigenvalue weighted by molar-refractivity contribution is -0.133. The number of amides is 2. The van der Waals surface area contributed by atoms with E-state index < -0.39 is 0 Å². The van der Waals surface area contributed by atoms with Gasteiger partial charge in [-0.05, 0) is 42.7 Å². The van der Waals surface area contributed by atoms with Gasteiger partial charge in [-0.15, -0.1) is 0 Å². The highest BCUT2D eigenvalue weighted by atomic mass is 16.3. The van der Waals surface area contributed by atoms with Crippen LogP contribution in [0.4, 0.5) is 0 Å². The van der Waals surface area contributed by atoms with Crippen LogP contribution < -0.4 is 0 Å². The Morgan fingerprint density at radius 2 is 1.64 bits per heavy atom. The van der Waals surface area contributed by atoms with Crippen molar-refractivity contribution in [3.05, 3.63) is 84.2 Å². The first-order chi connectivity index (χ1) is 13.7. The summed E-state index contributed by atoms with van der Waals surface area (Å²) in [7, 11) is 0. The molecule has 1 fully saturated rings. The van der Waals surface area contributed by atoms with Gasteiger partial charge < -0.3 is 18.6 Å². The zero-order valence-electron chi connectivity index (χ0n) is 15.5. The van der Waals surface area contributed by atoms with Crippen LogP contribution in [-0.4, -0.2) is 34.2 Å². The molecule has 0 bridgehead atoms. The smallest absolute Gasteiger partial charge is 0.290 e. The first kappa shape index (κ1) is 18.1. The van der Waals surface area contributed by atoms with Crippen LogP contribution in [0, 0.1) is 0 Å². The van der Waals surface area contributed by atoms with Crippen molar-refractivity contribution in [3.8, 4) is 0 Å². The fourth-order valence-corrected chi connectivity index (χ4v) is 3.17. The average Bonchev–Trinajstić information content (AvgIpc) is 3.18. The average molecular weight is 378 g/mol. The van der Waals surface area contributed by atoms with E-state index in [-0.39, 0.29) is 30.2 Å². The van der Waals surface area contributed by atoms with Crippen LogP contribution in [0.15, 0.2) is 76.0 Å². The molecular formula is C22H22N2O4. The summed E-state index contributed by atoms with van der Waals surface area (Å²) in [5.41, 5.74) is 1.03. The van der Waals surface area contributed by atoms with Crippen molar-refractivity contribution in [1.82, 2.24) is 9.80 Å². The third-order valence-electron chi connectivity index (χ3n) is 4.78. The lowest BCUT2D eigenvalue weighted by atomic mass is 10.2. The van der Waals surface area contributed by atoms with Gasteiger partial charge in [-0.2, -0.15) is 0 Å². The summed E-state index contributed by atoms with van der Waals surface area (Å²) in [5, 5.41) is 0. The molecule has 2 heterocycles. The number of carbonyl (C=O) groups is 2. The molecule has 0 spiro atoms. The monoisotopic (exact) mass is 378 g/mol. The Morgan fingerprint density at radius 1 is 0.893 bits per heavy atom. The molecule has 1 saturated carbocycles. The second kappa shape index (κ2) is 8.17. The van der Waals surface area contributed by atoms with Gasteiger partial charge in [0.05, 0.1) is 19.1 Å². The van der Waals surface area contributed by atoms with Crippen molar-refractivity contribution >= 4 is 11.8 Å². The molecule has 3 aromatic rings. The van der Waals surface area contributed by atoms with Crippen molar-refractivity contribution < 1.29 is 18.4 Å². The maximum atomic E-state index is 13.2. The fourth-order valence-electron chi connectivity index (χ4n) is 3.17. The van der Waals surface area contributed by atoms with Gasteiger partial charge >= 0.3 is 0 Å². The van der Waals surface area contributed by atoms with E-state index in [1.165, 1.54) is 6.26 Å². The quantitative estimate of drug-likeness (QED) is 0.599. The summed E-state index contributed by atoms with van der Waals surface area (Å²) < 4.78 is 10.7. The first-order valence-electron chi connectivity index (χ1n) is 9.39. The topological polar surface area (TPSA) is 66.9 Å². The second-order valence-corrected chi connectivity index (χ2v) is 6.96. The lowest BCUT2D eigenvalue weighted by Gasteiger charge is -2.27. The van der Waals surface area contributed by atoms with E-state index >= 15 is 0 Å². The highest BCUT2D eigenvalue weighted by Gasteiger charge is 2.36. The summed E-state index contributed by atoms with van der Waals surface area (Å²) in [4.78, 5) is 29.3. The van der Waals surface area contributed by atoms with Crippen LogP contribution in [-0.2, 0) is 17.9 Å². The van der Waals surface area contributed by atoms with Crippen LogP contribution >= 0.6 is 0 Å². The summed E-state index contributed by atoms with van der Waals surface area (Å²) in [6.07, 6.45) is 4.89. The number of carbonyl (C=O) groups excluding carboxylic acids is 2. The third kappa shape index (κ3) is 4.34. The number of rotatable bonds is 8. The van der Waals surface area contributed by atoms with Crippen molar-refractivity contribution in [2.45, 2.75) is 32.0 Å². The number of furan rings is 2. The Hall–Kier alpha value is -3.28. The Balaban J connectivity index is 1.51. The van der Waals surface area contributed by atoms with Crippen LogP contribution in [0.3, 0.4) is 0 Å². The number of hydrogen-bond donors (Lipinski definition) is 0. The minimum atomic E-state index is -0.237. The van der Waals surface area contributed by atoms with E-state index in [2.05, 4.69) is 0 Å². The van der Waals surface area contributed by atoms with Gasteiger partial charge in [-0.25, -0.2) is 0 Å². The summed E-state index contributed by atoms with van der Waals surface area (Å²) in [6.45, 7) is 0.833. The Kier molecular flexibility index (Phi) is 5.28. The minimum absolute atomic E-state index is 0.0255. The van der Waals surface area contributed by atoms with E-state index in [4.69, 9.17) is 8.83 Å². The predicted molar refractivity (Wildman–Crippen MR) is 102 cm³/mol.